The molecule has 26 heavy (non-hydrogen) atoms. The Morgan fingerprint density at radius 1 is 1.27 bits per heavy atom. The molecule has 2 aromatic rings. The number of rotatable bonds is 6. The molecule has 2 heterocycles. The van der Waals surface area contributed by atoms with E-state index in [1.54, 1.807) is 11.0 Å². The number of hydrogen-bond donors (Lipinski definition) is 3. The van der Waals surface area contributed by atoms with Crippen molar-refractivity contribution in [3.8, 4) is 0 Å². The average Bonchev–Trinajstić information content (AvgIpc) is 3.07. The number of aromatic nitrogens is 1. The molecule has 138 valence electrons. The summed E-state index contributed by atoms with van der Waals surface area (Å²) in [5, 5.41) is 6.67. The van der Waals surface area contributed by atoms with E-state index in [1.807, 2.05) is 19.9 Å². The topological polar surface area (TPSA) is 64.0 Å². The molecule has 1 aromatic heterocycles. The monoisotopic (exact) mass is 356 g/mol. The number of amides is 1. The van der Waals surface area contributed by atoms with E-state index in [0.29, 0.717) is 11.6 Å². The number of aryl methyl sites for hydroxylation is 1. The number of anilines is 1. The molecule has 1 atom stereocenters. The first-order chi connectivity index (χ1) is 12.6. The summed E-state index contributed by atoms with van der Waals surface area (Å²) in [5.74, 6) is 1.19. The second kappa shape index (κ2) is 8.78. The fraction of sp³-hybridized carbons (Fsp3) is 0.400. The predicted molar refractivity (Wildman–Crippen MR) is 101 cm³/mol. The van der Waals surface area contributed by atoms with E-state index in [2.05, 4.69) is 46.9 Å². The molecule has 6 nitrogen and oxygen atoms in total. The second-order valence-electron chi connectivity index (χ2n) is 6.96. The third kappa shape index (κ3) is 5.03. The van der Waals surface area contributed by atoms with Crippen LogP contribution < -0.4 is 15.1 Å². The van der Waals surface area contributed by atoms with Crippen molar-refractivity contribution in [2.45, 2.75) is 19.9 Å². The van der Waals surface area contributed by atoms with Gasteiger partial charge in [-0.2, -0.15) is 0 Å². The Kier molecular flexibility index (Phi) is 6.20. The minimum absolute atomic E-state index is 0.000670. The lowest BCUT2D eigenvalue weighted by Gasteiger charge is -2.32. The third-order valence-electron chi connectivity index (χ3n) is 5.00. The molecule has 1 fully saturated rings. The summed E-state index contributed by atoms with van der Waals surface area (Å²) in [6.45, 7) is 8.98. The molecule has 3 rings (SSSR count). The van der Waals surface area contributed by atoms with Gasteiger partial charge in [0.1, 0.15) is 31.9 Å². The van der Waals surface area contributed by atoms with Crippen molar-refractivity contribution in [1.82, 2.24) is 5.16 Å². The zero-order chi connectivity index (χ0) is 18.4. The van der Waals surface area contributed by atoms with Gasteiger partial charge in [0.2, 0.25) is 0 Å². The summed E-state index contributed by atoms with van der Waals surface area (Å²) in [6.07, 6.45) is 4.43. The standard InChI is InChI=1S/C20H26N4O2/c1-16-15-19(22-26-16)21-20(25)17(2)24-13-11-23(12-14-24)10-6-9-18-7-4-3-5-8-18/h3-9,15,17H,10-14H2,1-2H3,(H,21,22,25)/p+2/b9-6+/t17-/m1/s1. The van der Waals surface area contributed by atoms with E-state index in [0.717, 1.165) is 32.7 Å². The van der Waals surface area contributed by atoms with E-state index in [4.69, 9.17) is 4.52 Å². The molecule has 0 aliphatic carbocycles. The number of quaternary nitrogens is 2. The molecule has 0 bridgehead atoms. The van der Waals surface area contributed by atoms with Crippen LogP contribution in [0.4, 0.5) is 5.82 Å². The van der Waals surface area contributed by atoms with Crippen LogP contribution in [0.2, 0.25) is 0 Å². The van der Waals surface area contributed by atoms with Crippen molar-refractivity contribution in [3.63, 3.8) is 0 Å². The molecular formula is C20H28N4O2+2. The lowest BCUT2D eigenvalue weighted by Crippen LogP contribution is -3.29. The lowest BCUT2D eigenvalue weighted by atomic mass is 10.2. The van der Waals surface area contributed by atoms with E-state index in [1.165, 1.54) is 10.5 Å². The van der Waals surface area contributed by atoms with Crippen LogP contribution in [0.15, 0.2) is 47.0 Å². The van der Waals surface area contributed by atoms with Crippen LogP contribution in [0.25, 0.3) is 6.08 Å². The Hall–Kier alpha value is -2.44. The first-order valence-electron chi connectivity index (χ1n) is 9.26. The minimum Gasteiger partial charge on any atom is -0.360 e. The summed E-state index contributed by atoms with van der Waals surface area (Å²) in [6, 6.07) is 12.0. The molecule has 3 N–H and O–H groups in total. The Morgan fingerprint density at radius 3 is 2.65 bits per heavy atom. The van der Waals surface area contributed by atoms with Gasteiger partial charge >= 0.3 is 0 Å². The van der Waals surface area contributed by atoms with Crippen molar-refractivity contribution in [2.75, 3.05) is 38.0 Å². The van der Waals surface area contributed by atoms with Crippen LogP contribution in [0.3, 0.4) is 0 Å². The fourth-order valence-corrected chi connectivity index (χ4v) is 3.33. The van der Waals surface area contributed by atoms with Gasteiger partial charge in [-0.1, -0.05) is 41.6 Å². The smallest absolute Gasteiger partial charge is 0.283 e. The number of benzene rings is 1. The summed E-state index contributed by atoms with van der Waals surface area (Å²) < 4.78 is 4.99. The van der Waals surface area contributed by atoms with Crippen LogP contribution in [0.5, 0.6) is 0 Å². The first kappa shape index (κ1) is 18.4. The van der Waals surface area contributed by atoms with Gasteiger partial charge in [-0.05, 0) is 25.5 Å². The largest absolute Gasteiger partial charge is 0.360 e. The minimum atomic E-state index is -0.0894. The first-order valence-corrected chi connectivity index (χ1v) is 9.26. The van der Waals surface area contributed by atoms with E-state index >= 15 is 0 Å². The van der Waals surface area contributed by atoms with Crippen molar-refractivity contribution < 1.29 is 19.1 Å². The van der Waals surface area contributed by atoms with Crippen LogP contribution >= 0.6 is 0 Å². The molecular weight excluding hydrogens is 328 g/mol. The molecule has 1 aromatic carbocycles. The third-order valence-corrected chi connectivity index (χ3v) is 5.00. The maximum absolute atomic E-state index is 12.4. The van der Waals surface area contributed by atoms with Gasteiger partial charge in [0.25, 0.3) is 5.91 Å². The number of nitrogens with zero attached hydrogens (tertiary/aromatic N) is 1. The molecule has 6 heteroatoms. The SMILES string of the molecule is Cc1cc(NC(=O)[C@@H](C)[NH+]2CC[NH+](C/C=C/c3ccccc3)CC2)no1. The Morgan fingerprint density at radius 2 is 2.00 bits per heavy atom. The number of piperazine rings is 1. The summed E-state index contributed by atoms with van der Waals surface area (Å²) in [5.41, 5.74) is 1.24. The zero-order valence-electron chi connectivity index (χ0n) is 15.5. The number of carbonyl (C=O) groups is 1. The normalized spacial score (nSPS) is 21.6. The van der Waals surface area contributed by atoms with Gasteiger partial charge < -0.3 is 19.6 Å². The number of nitrogens with one attached hydrogen (secondary N) is 3. The number of hydrogen-bond acceptors (Lipinski definition) is 3. The quantitative estimate of drug-likeness (QED) is 0.672. The molecule has 0 unspecified atom stereocenters. The van der Waals surface area contributed by atoms with Gasteiger partial charge in [-0.15, -0.1) is 0 Å². The molecule has 0 saturated carbocycles. The van der Waals surface area contributed by atoms with Gasteiger partial charge in [0, 0.05) is 6.07 Å². The maximum atomic E-state index is 12.4. The van der Waals surface area contributed by atoms with E-state index < -0.39 is 0 Å². The Bertz CT molecular complexity index is 733. The van der Waals surface area contributed by atoms with Gasteiger partial charge in [0.15, 0.2) is 11.9 Å². The number of carbonyl (C=O) groups excluding carboxylic acids is 1. The fourth-order valence-electron chi connectivity index (χ4n) is 3.33. The zero-order valence-corrected chi connectivity index (χ0v) is 15.5. The lowest BCUT2D eigenvalue weighted by molar-refractivity contribution is -1.02. The van der Waals surface area contributed by atoms with Crippen LogP contribution in [-0.4, -0.2) is 49.8 Å². The highest BCUT2D eigenvalue weighted by atomic mass is 16.5. The van der Waals surface area contributed by atoms with Crippen molar-refractivity contribution >= 4 is 17.8 Å². The maximum Gasteiger partial charge on any atom is 0.283 e. The molecule has 1 aliphatic heterocycles. The van der Waals surface area contributed by atoms with E-state index in [-0.39, 0.29) is 11.9 Å². The molecule has 1 saturated heterocycles. The van der Waals surface area contributed by atoms with Gasteiger partial charge in [-0.3, -0.25) is 4.79 Å². The van der Waals surface area contributed by atoms with Crippen molar-refractivity contribution in [3.05, 3.63) is 53.8 Å². The highest BCUT2D eigenvalue weighted by Crippen LogP contribution is 2.06. The van der Waals surface area contributed by atoms with E-state index in [9.17, 15) is 4.79 Å². The molecule has 1 aliphatic rings. The highest BCUT2D eigenvalue weighted by molar-refractivity contribution is 5.92. The Labute approximate surface area is 154 Å². The summed E-state index contributed by atoms with van der Waals surface area (Å²) in [7, 11) is 0. The van der Waals surface area contributed by atoms with Crippen molar-refractivity contribution in [1.29, 1.82) is 0 Å². The molecule has 0 spiro atoms. The van der Waals surface area contributed by atoms with Gasteiger partial charge in [-0.25, -0.2) is 0 Å². The Balaban J connectivity index is 1.42. The average molecular weight is 356 g/mol. The van der Waals surface area contributed by atoms with Gasteiger partial charge in [0.05, 0.1) is 6.54 Å². The van der Waals surface area contributed by atoms with Crippen LogP contribution in [0, 0.1) is 6.92 Å². The predicted octanol–water partition coefficient (Wildman–Crippen LogP) is -0.193. The van der Waals surface area contributed by atoms with Crippen LogP contribution in [0.1, 0.15) is 18.2 Å². The summed E-state index contributed by atoms with van der Waals surface area (Å²) >= 11 is 0. The van der Waals surface area contributed by atoms with Crippen LogP contribution in [-0.2, 0) is 4.79 Å². The highest BCUT2D eigenvalue weighted by Gasteiger charge is 2.30. The molecule has 0 radical (unpaired) electrons. The summed E-state index contributed by atoms with van der Waals surface area (Å²) in [4.78, 5) is 15.3. The molecule has 1 amide bonds. The second-order valence-corrected chi connectivity index (χ2v) is 6.96. The van der Waals surface area contributed by atoms with Crippen molar-refractivity contribution in [2.24, 2.45) is 0 Å².